The minimum absolute atomic E-state index is 0.0219. The van der Waals surface area contributed by atoms with Gasteiger partial charge in [-0.1, -0.05) is 18.2 Å². The molecule has 24 heavy (non-hydrogen) atoms. The summed E-state index contributed by atoms with van der Waals surface area (Å²) in [5.41, 5.74) is 8.03. The third-order valence-electron chi connectivity index (χ3n) is 4.32. The monoisotopic (exact) mass is 332 g/mol. The van der Waals surface area contributed by atoms with Gasteiger partial charge in [0, 0.05) is 31.9 Å². The third kappa shape index (κ3) is 4.55. The van der Waals surface area contributed by atoms with E-state index in [1.165, 1.54) is 0 Å². The van der Waals surface area contributed by atoms with Gasteiger partial charge in [0.25, 0.3) is 0 Å². The highest BCUT2D eigenvalue weighted by molar-refractivity contribution is 5.93. The SMILES string of the molecule is Cc1cccc(C)c1NC(=O)CN1CCN(C(=O)C(C)(C)N)CC1. The molecule has 132 valence electrons. The van der Waals surface area contributed by atoms with Gasteiger partial charge in [0.15, 0.2) is 0 Å². The molecule has 0 spiro atoms. The molecule has 0 radical (unpaired) electrons. The Balaban J connectivity index is 1.86. The lowest BCUT2D eigenvalue weighted by atomic mass is 10.0. The van der Waals surface area contributed by atoms with Crippen molar-refractivity contribution in [2.45, 2.75) is 33.2 Å². The van der Waals surface area contributed by atoms with Crippen LogP contribution < -0.4 is 11.1 Å². The standard InChI is InChI=1S/C18H28N4O2/c1-13-6-5-7-14(2)16(13)20-15(23)12-21-8-10-22(11-9-21)17(24)18(3,4)19/h5-7H,8-12,19H2,1-4H3,(H,20,23). The summed E-state index contributed by atoms with van der Waals surface area (Å²) in [6.45, 7) is 10.3. The number of carbonyl (C=O) groups is 2. The first-order chi connectivity index (χ1) is 11.2. The zero-order valence-corrected chi connectivity index (χ0v) is 15.1. The van der Waals surface area contributed by atoms with Gasteiger partial charge in [-0.25, -0.2) is 0 Å². The quantitative estimate of drug-likeness (QED) is 0.866. The van der Waals surface area contributed by atoms with Crippen molar-refractivity contribution in [3.05, 3.63) is 29.3 Å². The number of aryl methyl sites for hydroxylation is 2. The Hall–Kier alpha value is -1.92. The van der Waals surface area contributed by atoms with Crippen LogP contribution in [0.25, 0.3) is 0 Å². The fourth-order valence-corrected chi connectivity index (χ4v) is 2.91. The maximum Gasteiger partial charge on any atom is 0.242 e. The number of amides is 2. The molecule has 1 heterocycles. The second-order valence-corrected chi connectivity index (χ2v) is 7.11. The van der Waals surface area contributed by atoms with Gasteiger partial charge in [-0.05, 0) is 38.8 Å². The van der Waals surface area contributed by atoms with Crippen LogP contribution in [0.2, 0.25) is 0 Å². The average Bonchev–Trinajstić information content (AvgIpc) is 2.50. The van der Waals surface area contributed by atoms with E-state index in [1.807, 2.05) is 32.0 Å². The predicted octanol–water partition coefficient (Wildman–Crippen LogP) is 1.12. The smallest absolute Gasteiger partial charge is 0.242 e. The molecule has 1 aliphatic heterocycles. The molecule has 6 nitrogen and oxygen atoms in total. The van der Waals surface area contributed by atoms with E-state index in [0.717, 1.165) is 16.8 Å². The highest BCUT2D eigenvalue weighted by Crippen LogP contribution is 2.19. The Morgan fingerprint density at radius 2 is 1.67 bits per heavy atom. The number of benzene rings is 1. The Labute approximate surface area is 144 Å². The van der Waals surface area contributed by atoms with E-state index in [9.17, 15) is 9.59 Å². The van der Waals surface area contributed by atoms with Crippen LogP contribution in [0.3, 0.4) is 0 Å². The molecule has 6 heteroatoms. The Morgan fingerprint density at radius 3 is 2.17 bits per heavy atom. The van der Waals surface area contributed by atoms with Crippen molar-refractivity contribution in [3.63, 3.8) is 0 Å². The molecule has 3 N–H and O–H groups in total. The summed E-state index contributed by atoms with van der Waals surface area (Å²) in [6.07, 6.45) is 0. The fourth-order valence-electron chi connectivity index (χ4n) is 2.91. The van der Waals surface area contributed by atoms with E-state index in [-0.39, 0.29) is 11.8 Å². The first-order valence-corrected chi connectivity index (χ1v) is 8.35. The zero-order chi connectivity index (χ0) is 17.9. The fraction of sp³-hybridized carbons (Fsp3) is 0.556. The van der Waals surface area contributed by atoms with Gasteiger partial charge in [-0.3, -0.25) is 14.5 Å². The van der Waals surface area contributed by atoms with Crippen molar-refractivity contribution >= 4 is 17.5 Å². The highest BCUT2D eigenvalue weighted by Gasteiger charge is 2.30. The van der Waals surface area contributed by atoms with Gasteiger partial charge in [0.1, 0.15) is 0 Å². The molecule has 1 saturated heterocycles. The minimum Gasteiger partial charge on any atom is -0.339 e. The molecule has 1 aromatic carbocycles. The van der Waals surface area contributed by atoms with Crippen molar-refractivity contribution < 1.29 is 9.59 Å². The lowest BCUT2D eigenvalue weighted by Gasteiger charge is -2.37. The molecular formula is C18H28N4O2. The largest absolute Gasteiger partial charge is 0.339 e. The number of nitrogens with two attached hydrogens (primary N) is 1. The molecule has 2 amide bonds. The summed E-state index contributed by atoms with van der Waals surface area (Å²) in [6, 6.07) is 5.96. The maximum atomic E-state index is 12.3. The van der Waals surface area contributed by atoms with E-state index in [2.05, 4.69) is 10.2 Å². The number of hydrogen-bond acceptors (Lipinski definition) is 4. The van der Waals surface area contributed by atoms with Crippen molar-refractivity contribution in [1.29, 1.82) is 0 Å². The lowest BCUT2D eigenvalue weighted by molar-refractivity contribution is -0.137. The van der Waals surface area contributed by atoms with Crippen LogP contribution in [0.1, 0.15) is 25.0 Å². The van der Waals surface area contributed by atoms with Crippen LogP contribution in [-0.2, 0) is 9.59 Å². The molecule has 0 bridgehead atoms. The molecule has 1 aliphatic rings. The molecule has 2 rings (SSSR count). The van der Waals surface area contributed by atoms with Crippen molar-refractivity contribution in [1.82, 2.24) is 9.80 Å². The zero-order valence-electron chi connectivity index (χ0n) is 15.1. The average molecular weight is 332 g/mol. The van der Waals surface area contributed by atoms with Gasteiger partial charge in [0.05, 0.1) is 12.1 Å². The van der Waals surface area contributed by atoms with Gasteiger partial charge in [-0.2, -0.15) is 0 Å². The predicted molar refractivity (Wildman–Crippen MR) is 95.8 cm³/mol. The molecule has 1 aromatic rings. The van der Waals surface area contributed by atoms with Gasteiger partial charge < -0.3 is 16.0 Å². The van der Waals surface area contributed by atoms with Gasteiger partial charge >= 0.3 is 0 Å². The van der Waals surface area contributed by atoms with Crippen LogP contribution in [0.4, 0.5) is 5.69 Å². The van der Waals surface area contributed by atoms with E-state index >= 15 is 0 Å². The first-order valence-electron chi connectivity index (χ1n) is 8.35. The summed E-state index contributed by atoms with van der Waals surface area (Å²) < 4.78 is 0. The van der Waals surface area contributed by atoms with Crippen LogP contribution in [0, 0.1) is 13.8 Å². The summed E-state index contributed by atoms with van der Waals surface area (Å²) in [4.78, 5) is 28.3. The van der Waals surface area contributed by atoms with E-state index in [1.54, 1.807) is 18.7 Å². The minimum atomic E-state index is -0.845. The number of anilines is 1. The van der Waals surface area contributed by atoms with E-state index in [0.29, 0.717) is 32.7 Å². The highest BCUT2D eigenvalue weighted by atomic mass is 16.2. The second-order valence-electron chi connectivity index (χ2n) is 7.11. The molecule has 0 aromatic heterocycles. The summed E-state index contributed by atoms with van der Waals surface area (Å²) >= 11 is 0. The van der Waals surface area contributed by atoms with Crippen LogP contribution >= 0.6 is 0 Å². The number of piperazine rings is 1. The van der Waals surface area contributed by atoms with Crippen LogP contribution in [0.5, 0.6) is 0 Å². The van der Waals surface area contributed by atoms with Gasteiger partial charge in [0.2, 0.25) is 11.8 Å². The van der Waals surface area contributed by atoms with Crippen molar-refractivity contribution in [3.8, 4) is 0 Å². The number of nitrogens with one attached hydrogen (secondary N) is 1. The van der Waals surface area contributed by atoms with E-state index < -0.39 is 5.54 Å². The second kappa shape index (κ2) is 7.32. The van der Waals surface area contributed by atoms with Crippen LogP contribution in [0.15, 0.2) is 18.2 Å². The topological polar surface area (TPSA) is 78.7 Å². The molecule has 0 atom stereocenters. The van der Waals surface area contributed by atoms with E-state index in [4.69, 9.17) is 5.73 Å². The van der Waals surface area contributed by atoms with Crippen molar-refractivity contribution in [2.75, 3.05) is 38.0 Å². The third-order valence-corrected chi connectivity index (χ3v) is 4.32. The first kappa shape index (κ1) is 18.4. The number of carbonyl (C=O) groups excluding carboxylic acids is 2. The molecule has 0 saturated carbocycles. The summed E-state index contributed by atoms with van der Waals surface area (Å²) in [5.74, 6) is -0.0616. The number of para-hydroxylation sites is 1. The summed E-state index contributed by atoms with van der Waals surface area (Å²) in [7, 11) is 0. The number of nitrogens with zero attached hydrogens (tertiary/aromatic N) is 2. The molecule has 0 unspecified atom stereocenters. The van der Waals surface area contributed by atoms with Gasteiger partial charge in [-0.15, -0.1) is 0 Å². The van der Waals surface area contributed by atoms with Crippen molar-refractivity contribution in [2.24, 2.45) is 5.73 Å². The Kier molecular flexibility index (Phi) is 5.62. The lowest BCUT2D eigenvalue weighted by Crippen LogP contribution is -2.57. The molecule has 0 aliphatic carbocycles. The van der Waals surface area contributed by atoms with Crippen LogP contribution in [-0.4, -0.2) is 59.9 Å². The maximum absolute atomic E-state index is 12.3. The Bertz CT molecular complexity index is 594. The normalized spacial score (nSPS) is 16.1. The number of hydrogen-bond donors (Lipinski definition) is 2. The summed E-state index contributed by atoms with van der Waals surface area (Å²) in [5, 5.41) is 3.00. The molecular weight excluding hydrogens is 304 g/mol. The molecule has 1 fully saturated rings. The Morgan fingerprint density at radius 1 is 1.12 bits per heavy atom. The number of rotatable bonds is 4.